The molecule has 0 radical (unpaired) electrons. The number of nitrogens with two attached hydrogens (primary N) is 2. The van der Waals surface area contributed by atoms with Gasteiger partial charge in [-0.2, -0.15) is 0 Å². The summed E-state index contributed by atoms with van der Waals surface area (Å²) in [6, 6.07) is 16.6. The Kier molecular flexibility index (Phi) is 6.32. The summed E-state index contributed by atoms with van der Waals surface area (Å²) in [5, 5.41) is 8.59. The number of nitrogens with zero attached hydrogens (tertiary/aromatic N) is 1. The number of carbonyl (C=O) groups excluding carboxylic acids is 1. The molecule has 1 atom stereocenters. The van der Waals surface area contributed by atoms with Crippen molar-refractivity contribution in [2.45, 2.75) is 11.9 Å². The summed E-state index contributed by atoms with van der Waals surface area (Å²) in [5.74, 6) is -0.0815. The molecule has 6 N–H and O–H groups in total. The maximum absolute atomic E-state index is 11.9. The van der Waals surface area contributed by atoms with Crippen LogP contribution in [0.15, 0.2) is 66.2 Å². The molecule has 4 aromatic rings. The first-order valence-electron chi connectivity index (χ1n) is 10.0. The van der Waals surface area contributed by atoms with Crippen LogP contribution in [0.3, 0.4) is 0 Å². The van der Waals surface area contributed by atoms with E-state index in [1.165, 1.54) is 16.3 Å². The minimum Gasteiger partial charge on any atom is -0.380 e. The molecule has 1 unspecified atom stereocenters. The lowest BCUT2D eigenvalue weighted by molar-refractivity contribution is 0.100. The van der Waals surface area contributed by atoms with Crippen LogP contribution in [0, 0.1) is 0 Å². The zero-order valence-electron chi connectivity index (χ0n) is 17.8. The number of pyridine rings is 1. The fourth-order valence-electron chi connectivity index (χ4n) is 3.40. The Morgan fingerprint density at radius 3 is 2.61 bits per heavy atom. The predicted octanol–water partition coefficient (Wildman–Crippen LogP) is 3.75. The van der Waals surface area contributed by atoms with Crippen LogP contribution in [0.2, 0.25) is 0 Å². The number of hydrogen-bond donors (Lipinski definition) is 4. The number of amides is 1. The minimum absolute atomic E-state index is 0.286. The molecule has 170 valence electrons. The average Bonchev–Trinajstić information content (AvgIpc) is 3.26. The molecule has 0 saturated carbocycles. The van der Waals surface area contributed by atoms with E-state index in [4.69, 9.17) is 11.5 Å². The van der Waals surface area contributed by atoms with Crippen molar-refractivity contribution in [3.63, 3.8) is 0 Å². The number of nitrogens with one attached hydrogen (secondary N) is 2. The second kappa shape index (κ2) is 9.18. The lowest BCUT2D eigenvalue weighted by Crippen LogP contribution is -2.20. The molecule has 10 heteroatoms. The lowest BCUT2D eigenvalue weighted by Gasteiger charge is -2.14. The van der Waals surface area contributed by atoms with E-state index in [-0.39, 0.29) is 5.56 Å². The van der Waals surface area contributed by atoms with E-state index in [9.17, 15) is 13.2 Å². The van der Waals surface area contributed by atoms with Gasteiger partial charge in [0.25, 0.3) is 5.91 Å². The Morgan fingerprint density at radius 1 is 1.15 bits per heavy atom. The van der Waals surface area contributed by atoms with Crippen molar-refractivity contribution in [1.82, 2.24) is 4.98 Å². The van der Waals surface area contributed by atoms with E-state index in [2.05, 4.69) is 27.8 Å². The third-order valence-electron chi connectivity index (χ3n) is 5.17. The molecular weight excluding hydrogens is 458 g/mol. The second-order valence-corrected chi connectivity index (χ2v) is 10.7. The highest BCUT2D eigenvalue weighted by atomic mass is 32.2. The van der Waals surface area contributed by atoms with Crippen LogP contribution in [0.25, 0.3) is 10.1 Å². The molecule has 8 nitrogen and oxygen atoms in total. The zero-order chi connectivity index (χ0) is 23.6. The van der Waals surface area contributed by atoms with Crippen molar-refractivity contribution in [1.29, 1.82) is 0 Å². The van der Waals surface area contributed by atoms with Crippen molar-refractivity contribution in [3.05, 3.63) is 82.9 Å². The SMILES string of the molecule is CS(=O)(=O)C(N)c1ccc(Nc2cc(NCc3cccc4ccsc34)c(C(N)=O)cn2)cc1. The molecule has 2 aromatic carbocycles. The normalized spacial score (nSPS) is 12.4. The Labute approximate surface area is 195 Å². The molecule has 2 aromatic heterocycles. The maximum Gasteiger partial charge on any atom is 0.252 e. The van der Waals surface area contributed by atoms with Crippen molar-refractivity contribution in [3.8, 4) is 0 Å². The van der Waals surface area contributed by atoms with Crippen molar-refractivity contribution >= 4 is 54.4 Å². The molecular formula is C23H23N5O3S2. The number of benzene rings is 2. The smallest absolute Gasteiger partial charge is 0.252 e. The number of thiophene rings is 1. The van der Waals surface area contributed by atoms with Crippen LogP contribution >= 0.6 is 11.3 Å². The van der Waals surface area contributed by atoms with E-state index < -0.39 is 21.1 Å². The van der Waals surface area contributed by atoms with Gasteiger partial charge in [-0.25, -0.2) is 13.4 Å². The highest BCUT2D eigenvalue weighted by Gasteiger charge is 2.17. The van der Waals surface area contributed by atoms with Gasteiger partial charge in [0, 0.05) is 35.5 Å². The first-order chi connectivity index (χ1) is 15.7. The predicted molar refractivity (Wildman–Crippen MR) is 133 cm³/mol. The van der Waals surface area contributed by atoms with Crippen LogP contribution in [-0.2, 0) is 16.4 Å². The number of hydrogen-bond acceptors (Lipinski definition) is 8. The third-order valence-corrected chi connectivity index (χ3v) is 7.37. The number of aromatic nitrogens is 1. The molecule has 0 bridgehead atoms. The van der Waals surface area contributed by atoms with Gasteiger partial charge in [-0.1, -0.05) is 30.3 Å². The molecule has 0 fully saturated rings. The number of fused-ring (bicyclic) bond motifs is 1. The fourth-order valence-corrected chi connectivity index (χ4v) is 4.97. The summed E-state index contributed by atoms with van der Waals surface area (Å²) >= 11 is 1.67. The molecule has 0 aliphatic carbocycles. The van der Waals surface area contributed by atoms with Gasteiger partial charge in [-0.05, 0) is 40.1 Å². The Bertz CT molecular complexity index is 1420. The first-order valence-corrected chi connectivity index (χ1v) is 12.9. The van der Waals surface area contributed by atoms with Gasteiger partial charge >= 0.3 is 0 Å². The van der Waals surface area contributed by atoms with Gasteiger partial charge in [0.05, 0.1) is 11.3 Å². The zero-order valence-corrected chi connectivity index (χ0v) is 19.4. The largest absolute Gasteiger partial charge is 0.380 e. The summed E-state index contributed by atoms with van der Waals surface area (Å²) in [7, 11) is -3.39. The summed E-state index contributed by atoms with van der Waals surface area (Å²) < 4.78 is 24.5. The maximum atomic E-state index is 11.9. The summed E-state index contributed by atoms with van der Waals surface area (Å²) in [5.41, 5.74) is 14.5. The van der Waals surface area contributed by atoms with E-state index in [0.717, 1.165) is 11.8 Å². The van der Waals surface area contributed by atoms with Gasteiger partial charge < -0.3 is 22.1 Å². The number of rotatable bonds is 8. The quantitative estimate of drug-likeness (QED) is 0.300. The van der Waals surface area contributed by atoms with Crippen molar-refractivity contribution in [2.24, 2.45) is 11.5 Å². The highest BCUT2D eigenvalue weighted by molar-refractivity contribution is 7.90. The standard InChI is InChI=1S/C23H23N5O3S2/c1-33(30,31)23(25)15-5-7-17(8-6-15)28-20-11-19(18(13-27-20)22(24)29)26-12-16-4-2-3-14-9-10-32-21(14)16/h2-11,13,23H,12,25H2,1H3,(H2,24,29)(H2,26,27,28). The molecule has 33 heavy (non-hydrogen) atoms. The summed E-state index contributed by atoms with van der Waals surface area (Å²) in [6.45, 7) is 0.514. The van der Waals surface area contributed by atoms with Crippen LogP contribution in [0.1, 0.15) is 26.9 Å². The van der Waals surface area contributed by atoms with Crippen molar-refractivity contribution in [2.75, 3.05) is 16.9 Å². The van der Waals surface area contributed by atoms with Gasteiger partial charge in [0.1, 0.15) is 11.2 Å². The van der Waals surface area contributed by atoms with Gasteiger partial charge in [-0.3, -0.25) is 4.79 Å². The first kappa shape index (κ1) is 22.7. The summed E-state index contributed by atoms with van der Waals surface area (Å²) in [6.07, 6.45) is 2.52. The van der Waals surface area contributed by atoms with Crippen LogP contribution < -0.4 is 22.1 Å². The molecule has 0 aliphatic heterocycles. The monoisotopic (exact) mass is 481 g/mol. The van der Waals surface area contributed by atoms with E-state index in [1.807, 2.05) is 17.5 Å². The van der Waals surface area contributed by atoms with Crippen LogP contribution in [-0.4, -0.2) is 25.6 Å². The number of carbonyl (C=O) groups is 1. The van der Waals surface area contributed by atoms with E-state index in [1.54, 1.807) is 41.7 Å². The van der Waals surface area contributed by atoms with Crippen LogP contribution in [0.5, 0.6) is 0 Å². The number of anilines is 3. The summed E-state index contributed by atoms with van der Waals surface area (Å²) in [4.78, 5) is 16.2. The molecule has 1 amide bonds. The number of sulfone groups is 1. The molecule has 0 saturated heterocycles. The molecule has 0 spiro atoms. The van der Waals surface area contributed by atoms with Gasteiger partial charge in [0.15, 0.2) is 9.84 Å². The van der Waals surface area contributed by atoms with Crippen molar-refractivity contribution < 1.29 is 13.2 Å². The lowest BCUT2D eigenvalue weighted by atomic mass is 10.1. The van der Waals surface area contributed by atoms with Gasteiger partial charge in [0.2, 0.25) is 0 Å². The molecule has 2 heterocycles. The Balaban J connectivity index is 1.55. The third kappa shape index (κ3) is 5.14. The topological polar surface area (TPSA) is 140 Å². The van der Waals surface area contributed by atoms with Gasteiger partial charge in [-0.15, -0.1) is 11.3 Å². The molecule has 0 aliphatic rings. The number of primary amides is 1. The van der Waals surface area contributed by atoms with E-state index >= 15 is 0 Å². The Morgan fingerprint density at radius 2 is 1.91 bits per heavy atom. The van der Waals surface area contributed by atoms with E-state index in [0.29, 0.717) is 29.3 Å². The Hall–Kier alpha value is -3.47. The van der Waals surface area contributed by atoms with Crippen LogP contribution in [0.4, 0.5) is 17.2 Å². The highest BCUT2D eigenvalue weighted by Crippen LogP contribution is 2.27. The fraction of sp³-hybridized carbons (Fsp3) is 0.130. The molecule has 4 rings (SSSR count). The minimum atomic E-state index is -3.39. The second-order valence-electron chi connectivity index (χ2n) is 7.59. The average molecular weight is 482 g/mol.